The number of anilines is 2. The molecule has 3 rings (SSSR count). The highest BCUT2D eigenvalue weighted by Gasteiger charge is 2.20. The summed E-state index contributed by atoms with van der Waals surface area (Å²) < 4.78 is 0. The van der Waals surface area contributed by atoms with E-state index in [9.17, 15) is 4.79 Å². The van der Waals surface area contributed by atoms with Crippen LogP contribution < -0.4 is 5.32 Å². The van der Waals surface area contributed by atoms with Crippen molar-refractivity contribution in [2.24, 2.45) is 0 Å². The van der Waals surface area contributed by atoms with Gasteiger partial charge in [0, 0.05) is 29.5 Å². The van der Waals surface area contributed by atoms with E-state index >= 15 is 0 Å². The molecular weight excluding hydrogens is 360 g/mol. The first-order valence-electron chi connectivity index (χ1n) is 8.73. The van der Waals surface area contributed by atoms with Crippen LogP contribution in [0.15, 0.2) is 66.9 Å². The van der Waals surface area contributed by atoms with Gasteiger partial charge in [0.15, 0.2) is 0 Å². The van der Waals surface area contributed by atoms with Gasteiger partial charge < -0.3 is 10.2 Å². The third-order valence-electron chi connectivity index (χ3n) is 4.04. The van der Waals surface area contributed by atoms with Crippen molar-refractivity contribution in [3.63, 3.8) is 0 Å². The van der Waals surface area contributed by atoms with Crippen molar-refractivity contribution >= 4 is 29.1 Å². The van der Waals surface area contributed by atoms with Gasteiger partial charge in [-0.2, -0.15) is 0 Å². The van der Waals surface area contributed by atoms with E-state index in [1.54, 1.807) is 29.3 Å². The minimum absolute atomic E-state index is 0.0389. The summed E-state index contributed by atoms with van der Waals surface area (Å²) >= 11 is 6.00. The van der Waals surface area contributed by atoms with Crippen molar-refractivity contribution in [2.75, 3.05) is 5.32 Å². The number of rotatable bonds is 6. The number of nitrogens with zero attached hydrogens (tertiary/aromatic N) is 3. The molecule has 5 nitrogen and oxygen atoms in total. The quantitative estimate of drug-likeness (QED) is 0.659. The second-order valence-corrected chi connectivity index (χ2v) is 6.85. The lowest BCUT2D eigenvalue weighted by atomic mass is 10.1. The topological polar surface area (TPSA) is 58.1 Å². The summed E-state index contributed by atoms with van der Waals surface area (Å²) in [5.74, 6) is 0.219. The number of halogens is 1. The first kappa shape index (κ1) is 18.9. The highest BCUT2D eigenvalue weighted by Crippen LogP contribution is 2.19. The van der Waals surface area contributed by atoms with Crippen LogP contribution in [-0.2, 0) is 6.54 Å². The van der Waals surface area contributed by atoms with E-state index in [2.05, 4.69) is 15.3 Å². The van der Waals surface area contributed by atoms with Crippen molar-refractivity contribution in [1.29, 1.82) is 0 Å². The first-order valence-corrected chi connectivity index (χ1v) is 9.11. The van der Waals surface area contributed by atoms with E-state index in [0.717, 1.165) is 11.3 Å². The standard InChI is InChI=1S/C21H21ClN4O/c1-15(2)26(14-16-7-4-3-5-8-16)20(27)19-11-12-23-21(25-19)24-18-10-6-9-17(22)13-18/h3-13,15H,14H2,1-2H3,(H,23,24,25). The molecule has 3 aromatic rings. The molecule has 27 heavy (non-hydrogen) atoms. The summed E-state index contributed by atoms with van der Waals surface area (Å²) in [7, 11) is 0. The normalized spacial score (nSPS) is 10.7. The van der Waals surface area contributed by atoms with Crippen LogP contribution in [0, 0.1) is 0 Å². The summed E-state index contributed by atoms with van der Waals surface area (Å²) in [4.78, 5) is 23.4. The van der Waals surface area contributed by atoms with Gasteiger partial charge in [0.2, 0.25) is 5.95 Å². The Morgan fingerprint density at radius 1 is 1.11 bits per heavy atom. The van der Waals surface area contributed by atoms with Gasteiger partial charge in [-0.25, -0.2) is 9.97 Å². The molecule has 138 valence electrons. The molecular formula is C21H21ClN4O. The predicted molar refractivity (Wildman–Crippen MR) is 108 cm³/mol. The SMILES string of the molecule is CC(C)N(Cc1ccccc1)C(=O)c1ccnc(Nc2cccc(Cl)c2)n1. The van der Waals surface area contributed by atoms with Gasteiger partial charge in [-0.05, 0) is 43.7 Å². The van der Waals surface area contributed by atoms with Crippen LogP contribution >= 0.6 is 11.6 Å². The lowest BCUT2D eigenvalue weighted by molar-refractivity contribution is 0.0684. The molecule has 0 fully saturated rings. The highest BCUT2D eigenvalue weighted by atomic mass is 35.5. The summed E-state index contributed by atoms with van der Waals surface area (Å²) in [5.41, 5.74) is 2.18. The Balaban J connectivity index is 1.80. The van der Waals surface area contributed by atoms with Crippen LogP contribution in [0.3, 0.4) is 0 Å². The fourth-order valence-corrected chi connectivity index (χ4v) is 2.84. The Bertz CT molecular complexity index is 915. The molecule has 0 unspecified atom stereocenters. The van der Waals surface area contributed by atoms with Crippen LogP contribution in [0.1, 0.15) is 29.9 Å². The molecule has 1 N–H and O–H groups in total. The molecule has 1 heterocycles. The molecule has 0 saturated heterocycles. The van der Waals surface area contributed by atoms with Crippen molar-refractivity contribution in [3.05, 3.63) is 83.1 Å². The molecule has 0 bridgehead atoms. The van der Waals surface area contributed by atoms with Gasteiger partial charge in [0.25, 0.3) is 5.91 Å². The number of hydrogen-bond donors (Lipinski definition) is 1. The number of carbonyl (C=O) groups is 1. The lowest BCUT2D eigenvalue weighted by Gasteiger charge is -2.26. The Morgan fingerprint density at radius 3 is 2.59 bits per heavy atom. The fraction of sp³-hybridized carbons (Fsp3) is 0.190. The van der Waals surface area contributed by atoms with Crippen LogP contribution in [0.4, 0.5) is 11.6 Å². The first-order chi connectivity index (χ1) is 13.0. The van der Waals surface area contributed by atoms with E-state index < -0.39 is 0 Å². The van der Waals surface area contributed by atoms with Gasteiger partial charge >= 0.3 is 0 Å². The summed E-state index contributed by atoms with van der Waals surface area (Å²) in [6.45, 7) is 4.51. The van der Waals surface area contributed by atoms with Gasteiger partial charge in [-0.1, -0.05) is 48.0 Å². The monoisotopic (exact) mass is 380 g/mol. The number of benzene rings is 2. The third-order valence-corrected chi connectivity index (χ3v) is 4.27. The molecule has 0 aliphatic rings. The van der Waals surface area contributed by atoms with E-state index in [1.807, 2.05) is 56.3 Å². The second kappa shape index (κ2) is 8.64. The number of hydrogen-bond acceptors (Lipinski definition) is 4. The smallest absolute Gasteiger partial charge is 0.273 e. The van der Waals surface area contributed by atoms with Crippen molar-refractivity contribution in [3.8, 4) is 0 Å². The fourth-order valence-electron chi connectivity index (χ4n) is 2.65. The number of nitrogens with one attached hydrogen (secondary N) is 1. The predicted octanol–water partition coefficient (Wildman–Crippen LogP) is 4.92. The zero-order chi connectivity index (χ0) is 19.2. The maximum absolute atomic E-state index is 13.0. The molecule has 0 aliphatic heterocycles. The zero-order valence-corrected chi connectivity index (χ0v) is 16.0. The molecule has 0 aliphatic carbocycles. The molecule has 0 radical (unpaired) electrons. The van der Waals surface area contributed by atoms with E-state index in [-0.39, 0.29) is 11.9 Å². The Hall–Kier alpha value is -2.92. The summed E-state index contributed by atoms with van der Waals surface area (Å²) in [5, 5.41) is 3.69. The molecule has 0 spiro atoms. The Morgan fingerprint density at radius 2 is 1.89 bits per heavy atom. The number of aromatic nitrogens is 2. The maximum atomic E-state index is 13.0. The maximum Gasteiger partial charge on any atom is 0.273 e. The highest BCUT2D eigenvalue weighted by molar-refractivity contribution is 6.30. The molecule has 2 aromatic carbocycles. The van der Waals surface area contributed by atoms with Crippen molar-refractivity contribution in [1.82, 2.24) is 14.9 Å². The average molecular weight is 381 g/mol. The van der Waals surface area contributed by atoms with E-state index in [0.29, 0.717) is 23.2 Å². The van der Waals surface area contributed by atoms with E-state index in [1.165, 1.54) is 0 Å². The molecule has 1 amide bonds. The second-order valence-electron chi connectivity index (χ2n) is 6.41. The number of amides is 1. The molecule has 6 heteroatoms. The Labute approximate surface area is 164 Å². The van der Waals surface area contributed by atoms with Gasteiger partial charge in [0.1, 0.15) is 5.69 Å². The third kappa shape index (κ3) is 5.05. The summed E-state index contributed by atoms with van der Waals surface area (Å²) in [6, 6.07) is 18.8. The largest absolute Gasteiger partial charge is 0.331 e. The van der Waals surface area contributed by atoms with Gasteiger partial charge in [-0.3, -0.25) is 4.79 Å². The van der Waals surface area contributed by atoms with Crippen LogP contribution in [-0.4, -0.2) is 26.8 Å². The molecule has 0 atom stereocenters. The van der Waals surface area contributed by atoms with Crippen molar-refractivity contribution < 1.29 is 4.79 Å². The Kier molecular flexibility index (Phi) is 6.04. The van der Waals surface area contributed by atoms with Crippen molar-refractivity contribution in [2.45, 2.75) is 26.4 Å². The lowest BCUT2D eigenvalue weighted by Crippen LogP contribution is -2.37. The zero-order valence-electron chi connectivity index (χ0n) is 15.3. The van der Waals surface area contributed by atoms with Gasteiger partial charge in [-0.15, -0.1) is 0 Å². The minimum atomic E-state index is -0.134. The summed E-state index contributed by atoms with van der Waals surface area (Å²) in [6.07, 6.45) is 1.58. The van der Waals surface area contributed by atoms with E-state index in [4.69, 9.17) is 11.6 Å². The van der Waals surface area contributed by atoms with Crippen LogP contribution in [0.5, 0.6) is 0 Å². The average Bonchev–Trinajstić information content (AvgIpc) is 2.66. The van der Waals surface area contributed by atoms with Crippen LogP contribution in [0.25, 0.3) is 0 Å². The number of carbonyl (C=O) groups excluding carboxylic acids is 1. The van der Waals surface area contributed by atoms with Crippen LogP contribution in [0.2, 0.25) is 5.02 Å². The minimum Gasteiger partial charge on any atom is -0.331 e. The molecule has 1 aromatic heterocycles. The molecule has 0 saturated carbocycles. The van der Waals surface area contributed by atoms with Gasteiger partial charge in [0.05, 0.1) is 0 Å².